The van der Waals surface area contributed by atoms with Gasteiger partial charge in [-0.15, -0.1) is 0 Å². The number of hydrogen-bond donors (Lipinski definition) is 1. The van der Waals surface area contributed by atoms with Crippen molar-refractivity contribution in [1.29, 1.82) is 0 Å². The van der Waals surface area contributed by atoms with Crippen LogP contribution in [0.15, 0.2) is 18.2 Å². The standard InChI is InChI=1S/C13H14BF2NO3/c15-13(16)4-1-5-17(8-13)12(18)9-2-3-11-10(6-9)7-20-14(11)19/h2-3,6,19H,1,4-5,7-8H2. The molecule has 0 aromatic heterocycles. The summed E-state index contributed by atoms with van der Waals surface area (Å²) >= 11 is 0. The first-order chi connectivity index (χ1) is 9.46. The van der Waals surface area contributed by atoms with Gasteiger partial charge in [0.1, 0.15) is 0 Å². The molecule has 0 atom stereocenters. The minimum Gasteiger partial charge on any atom is -0.423 e. The summed E-state index contributed by atoms with van der Waals surface area (Å²) in [5, 5.41) is 9.51. The predicted molar refractivity (Wildman–Crippen MR) is 68.9 cm³/mol. The highest BCUT2D eigenvalue weighted by molar-refractivity contribution is 6.61. The van der Waals surface area contributed by atoms with Crippen LogP contribution >= 0.6 is 0 Å². The average molecular weight is 281 g/mol. The monoisotopic (exact) mass is 281 g/mol. The smallest absolute Gasteiger partial charge is 0.423 e. The van der Waals surface area contributed by atoms with E-state index in [9.17, 15) is 18.6 Å². The summed E-state index contributed by atoms with van der Waals surface area (Å²) in [6, 6.07) is 4.77. The van der Waals surface area contributed by atoms with Crippen molar-refractivity contribution in [3.8, 4) is 0 Å². The Morgan fingerprint density at radius 3 is 3.00 bits per heavy atom. The maximum atomic E-state index is 13.4. The highest BCUT2D eigenvalue weighted by Crippen LogP contribution is 2.27. The molecule has 0 radical (unpaired) electrons. The molecule has 1 N–H and O–H groups in total. The summed E-state index contributed by atoms with van der Waals surface area (Å²) < 4.78 is 31.8. The fourth-order valence-electron chi connectivity index (χ4n) is 2.69. The van der Waals surface area contributed by atoms with Crippen LogP contribution in [0, 0.1) is 0 Å². The minimum atomic E-state index is -2.80. The SMILES string of the molecule is O=C(c1ccc2c(c1)COB2O)N1CCCC(F)(F)C1. The molecule has 106 valence electrons. The van der Waals surface area contributed by atoms with Gasteiger partial charge < -0.3 is 14.6 Å². The van der Waals surface area contributed by atoms with Crippen molar-refractivity contribution in [2.45, 2.75) is 25.4 Å². The Balaban J connectivity index is 1.81. The van der Waals surface area contributed by atoms with E-state index in [2.05, 4.69) is 0 Å². The molecular formula is C13H14BF2NO3. The number of carbonyl (C=O) groups is 1. The van der Waals surface area contributed by atoms with Crippen LogP contribution < -0.4 is 5.46 Å². The molecule has 3 rings (SSSR count). The van der Waals surface area contributed by atoms with Gasteiger partial charge in [-0.1, -0.05) is 6.07 Å². The first-order valence-electron chi connectivity index (χ1n) is 6.56. The molecule has 20 heavy (non-hydrogen) atoms. The Hall–Kier alpha value is -1.47. The lowest BCUT2D eigenvalue weighted by molar-refractivity contribution is -0.0560. The number of hydrogen-bond acceptors (Lipinski definition) is 3. The molecule has 0 saturated carbocycles. The summed E-state index contributed by atoms with van der Waals surface area (Å²) in [7, 11) is -0.964. The third kappa shape index (κ3) is 2.43. The molecule has 1 saturated heterocycles. The molecule has 4 nitrogen and oxygen atoms in total. The fourth-order valence-corrected chi connectivity index (χ4v) is 2.69. The molecule has 7 heteroatoms. The molecule has 0 spiro atoms. The van der Waals surface area contributed by atoms with Gasteiger partial charge in [-0.2, -0.15) is 0 Å². The highest BCUT2D eigenvalue weighted by atomic mass is 19.3. The summed E-state index contributed by atoms with van der Waals surface area (Å²) in [4.78, 5) is 13.5. The number of piperidine rings is 1. The second-order valence-electron chi connectivity index (χ2n) is 5.26. The summed E-state index contributed by atoms with van der Waals surface area (Å²) in [6.45, 7) is 0.0560. The van der Waals surface area contributed by atoms with E-state index in [4.69, 9.17) is 4.65 Å². The number of rotatable bonds is 1. The third-order valence-corrected chi connectivity index (χ3v) is 3.73. The van der Waals surface area contributed by atoms with Gasteiger partial charge >= 0.3 is 7.12 Å². The van der Waals surface area contributed by atoms with Crippen LogP contribution in [0.5, 0.6) is 0 Å². The molecule has 2 aliphatic rings. The van der Waals surface area contributed by atoms with Crippen LogP contribution in [0.25, 0.3) is 0 Å². The van der Waals surface area contributed by atoms with Crippen molar-refractivity contribution in [3.63, 3.8) is 0 Å². The van der Waals surface area contributed by atoms with Crippen LogP contribution in [0.3, 0.4) is 0 Å². The zero-order valence-electron chi connectivity index (χ0n) is 10.8. The van der Waals surface area contributed by atoms with E-state index < -0.39 is 25.5 Å². The zero-order chi connectivity index (χ0) is 14.3. The normalized spacial score (nSPS) is 20.9. The van der Waals surface area contributed by atoms with Crippen LogP contribution in [0.1, 0.15) is 28.8 Å². The molecule has 1 aromatic rings. The van der Waals surface area contributed by atoms with Gasteiger partial charge in [-0.3, -0.25) is 4.79 Å². The molecule has 0 aliphatic carbocycles. The van der Waals surface area contributed by atoms with Crippen molar-refractivity contribution >= 4 is 18.5 Å². The number of carbonyl (C=O) groups excluding carboxylic acids is 1. The minimum absolute atomic E-state index is 0.166. The first-order valence-corrected chi connectivity index (χ1v) is 6.56. The van der Waals surface area contributed by atoms with Crippen molar-refractivity contribution in [3.05, 3.63) is 29.3 Å². The summed E-state index contributed by atoms with van der Waals surface area (Å²) in [6.07, 6.45) is 0.145. The van der Waals surface area contributed by atoms with E-state index in [-0.39, 0.29) is 13.0 Å². The molecule has 0 bridgehead atoms. The van der Waals surface area contributed by atoms with Gasteiger partial charge in [0.25, 0.3) is 11.8 Å². The van der Waals surface area contributed by atoms with Crippen molar-refractivity contribution in [1.82, 2.24) is 4.90 Å². The van der Waals surface area contributed by atoms with Gasteiger partial charge in [0.05, 0.1) is 13.2 Å². The van der Waals surface area contributed by atoms with Crippen molar-refractivity contribution < 1.29 is 23.3 Å². The number of halogens is 2. The van der Waals surface area contributed by atoms with E-state index >= 15 is 0 Å². The van der Waals surface area contributed by atoms with Crippen LogP contribution in [0.4, 0.5) is 8.78 Å². The zero-order valence-corrected chi connectivity index (χ0v) is 10.8. The van der Waals surface area contributed by atoms with E-state index in [0.29, 0.717) is 24.0 Å². The molecule has 1 fully saturated rings. The van der Waals surface area contributed by atoms with Gasteiger partial charge in [-0.05, 0) is 29.6 Å². The Morgan fingerprint density at radius 1 is 1.45 bits per heavy atom. The number of likely N-dealkylation sites (tertiary alicyclic amines) is 1. The molecule has 1 aromatic carbocycles. The number of benzene rings is 1. The Morgan fingerprint density at radius 2 is 2.25 bits per heavy atom. The van der Waals surface area contributed by atoms with Crippen LogP contribution in [-0.4, -0.2) is 42.0 Å². The Labute approximate surface area is 115 Å². The van der Waals surface area contributed by atoms with Gasteiger partial charge in [0.15, 0.2) is 0 Å². The Kier molecular flexibility index (Phi) is 3.26. The number of alkyl halides is 2. The number of fused-ring (bicyclic) bond motifs is 1. The molecule has 0 unspecified atom stereocenters. The molecule has 1 amide bonds. The van der Waals surface area contributed by atoms with Gasteiger partial charge in [0, 0.05) is 18.5 Å². The van der Waals surface area contributed by atoms with Crippen molar-refractivity contribution in [2.24, 2.45) is 0 Å². The third-order valence-electron chi connectivity index (χ3n) is 3.73. The fraction of sp³-hybridized carbons (Fsp3) is 0.462. The van der Waals surface area contributed by atoms with Gasteiger partial charge in [0.2, 0.25) is 0 Å². The predicted octanol–water partition coefficient (Wildman–Crippen LogP) is 0.776. The van der Waals surface area contributed by atoms with E-state index in [1.807, 2.05) is 0 Å². The lowest BCUT2D eigenvalue weighted by Gasteiger charge is -2.32. The maximum Gasteiger partial charge on any atom is 0.491 e. The first kappa shape index (κ1) is 13.5. The van der Waals surface area contributed by atoms with E-state index in [1.54, 1.807) is 18.2 Å². The number of nitrogens with zero attached hydrogens (tertiary/aromatic N) is 1. The molecular weight excluding hydrogens is 267 g/mol. The largest absolute Gasteiger partial charge is 0.491 e. The Bertz CT molecular complexity index is 552. The average Bonchev–Trinajstić information content (AvgIpc) is 2.78. The summed E-state index contributed by atoms with van der Waals surface area (Å²) in [5.74, 6) is -3.20. The highest BCUT2D eigenvalue weighted by Gasteiger charge is 2.37. The molecule has 2 heterocycles. The number of amides is 1. The van der Waals surface area contributed by atoms with Crippen LogP contribution in [0.2, 0.25) is 0 Å². The van der Waals surface area contributed by atoms with E-state index in [0.717, 1.165) is 5.56 Å². The van der Waals surface area contributed by atoms with Crippen molar-refractivity contribution in [2.75, 3.05) is 13.1 Å². The molecule has 2 aliphatic heterocycles. The van der Waals surface area contributed by atoms with Gasteiger partial charge in [-0.25, -0.2) is 8.78 Å². The summed E-state index contributed by atoms with van der Waals surface area (Å²) in [5.41, 5.74) is 1.72. The quantitative estimate of drug-likeness (QED) is 0.774. The lowest BCUT2D eigenvalue weighted by Crippen LogP contribution is -2.45. The second kappa shape index (κ2) is 4.82. The lowest BCUT2D eigenvalue weighted by atomic mass is 9.79. The topological polar surface area (TPSA) is 49.8 Å². The maximum absolute atomic E-state index is 13.4. The van der Waals surface area contributed by atoms with Crippen LogP contribution in [-0.2, 0) is 11.3 Å². The second-order valence-corrected chi connectivity index (χ2v) is 5.26. The van der Waals surface area contributed by atoms with E-state index in [1.165, 1.54) is 4.90 Å².